The zero-order valence-electron chi connectivity index (χ0n) is 25.0. The number of benzene rings is 1. The van der Waals surface area contributed by atoms with Gasteiger partial charge in [-0.3, -0.25) is 14.6 Å². The monoisotopic (exact) mass is 592 g/mol. The molecular formula is C32H41FN6O2S. The molecule has 1 atom stereocenters. The Morgan fingerprint density at radius 1 is 1.17 bits per heavy atom. The van der Waals surface area contributed by atoms with Crippen molar-refractivity contribution in [3.05, 3.63) is 65.5 Å². The molecular weight excluding hydrogens is 551 g/mol. The fraction of sp³-hybridized carbons (Fsp3) is 0.500. The van der Waals surface area contributed by atoms with Crippen LogP contribution in [0.2, 0.25) is 0 Å². The van der Waals surface area contributed by atoms with Crippen molar-refractivity contribution < 1.29 is 13.9 Å². The third-order valence-corrected chi connectivity index (χ3v) is 8.25. The summed E-state index contributed by atoms with van der Waals surface area (Å²) in [6, 6.07) is 7.90. The molecule has 10 heteroatoms. The van der Waals surface area contributed by atoms with Gasteiger partial charge in [0.15, 0.2) is 5.82 Å². The Hall–Kier alpha value is -3.37. The minimum absolute atomic E-state index is 0.130. The summed E-state index contributed by atoms with van der Waals surface area (Å²) < 4.78 is 22.7. The van der Waals surface area contributed by atoms with Gasteiger partial charge in [-0.1, -0.05) is 24.4 Å². The van der Waals surface area contributed by atoms with E-state index in [1.165, 1.54) is 12.8 Å². The van der Waals surface area contributed by atoms with Gasteiger partial charge in [-0.05, 0) is 69.7 Å². The second-order valence-corrected chi connectivity index (χ2v) is 13.1. The van der Waals surface area contributed by atoms with Crippen LogP contribution in [0.1, 0.15) is 63.4 Å². The Balaban J connectivity index is 1.17. The first-order valence-electron chi connectivity index (χ1n) is 14.7. The van der Waals surface area contributed by atoms with Gasteiger partial charge >= 0.3 is 6.09 Å². The van der Waals surface area contributed by atoms with E-state index < -0.39 is 11.4 Å². The molecule has 5 rings (SSSR count). The molecule has 8 nitrogen and oxygen atoms in total. The third kappa shape index (κ3) is 7.52. The summed E-state index contributed by atoms with van der Waals surface area (Å²) in [5.41, 5.74) is 9.76. The van der Waals surface area contributed by atoms with Gasteiger partial charge < -0.3 is 15.4 Å². The second-order valence-electron chi connectivity index (χ2n) is 12.5. The molecule has 2 aromatic heterocycles. The lowest BCUT2D eigenvalue weighted by Gasteiger charge is -2.38. The van der Waals surface area contributed by atoms with Crippen LogP contribution in [0.25, 0.3) is 11.1 Å². The molecule has 0 bridgehead atoms. The molecule has 3 heterocycles. The first kappa shape index (κ1) is 30.1. The molecule has 1 unspecified atom stereocenters. The van der Waals surface area contributed by atoms with Gasteiger partial charge in [0.25, 0.3) is 0 Å². The Morgan fingerprint density at radius 3 is 2.60 bits per heavy atom. The number of carbonyl (C=O) groups excluding carboxylic acids is 1. The molecule has 1 aliphatic heterocycles. The summed E-state index contributed by atoms with van der Waals surface area (Å²) in [6.07, 6.45) is 8.51. The van der Waals surface area contributed by atoms with E-state index in [0.29, 0.717) is 43.0 Å². The van der Waals surface area contributed by atoms with Crippen molar-refractivity contribution in [1.29, 1.82) is 0 Å². The molecule has 3 aromatic rings. The number of thiocarbonyl (C=S) groups is 1. The fourth-order valence-electron chi connectivity index (χ4n) is 5.34. The summed E-state index contributed by atoms with van der Waals surface area (Å²) in [4.78, 5) is 21.9. The van der Waals surface area contributed by atoms with Gasteiger partial charge in [-0.25, -0.2) is 9.18 Å². The first-order chi connectivity index (χ1) is 20.0. The molecule has 0 radical (unpaired) electrons. The van der Waals surface area contributed by atoms with Crippen molar-refractivity contribution in [2.45, 2.75) is 71.6 Å². The van der Waals surface area contributed by atoms with Crippen molar-refractivity contribution >= 4 is 28.9 Å². The quantitative estimate of drug-likeness (QED) is 0.246. The van der Waals surface area contributed by atoms with Crippen molar-refractivity contribution in [3.8, 4) is 11.1 Å². The average Bonchev–Trinajstić information content (AvgIpc) is 3.64. The Morgan fingerprint density at radius 2 is 1.90 bits per heavy atom. The topological polar surface area (TPSA) is 89.5 Å². The number of aromatic nitrogens is 3. The summed E-state index contributed by atoms with van der Waals surface area (Å²) >= 11 is 5.71. The fourth-order valence-corrected chi connectivity index (χ4v) is 5.64. The third-order valence-electron chi connectivity index (χ3n) is 7.96. The number of carbonyl (C=O) groups is 1. The number of hydrogen-bond acceptors (Lipinski definition) is 7. The lowest BCUT2D eigenvalue weighted by molar-refractivity contribution is 0.0110. The number of piperazine rings is 1. The lowest BCUT2D eigenvalue weighted by Crippen LogP contribution is -2.50. The number of hydrogen-bond donors (Lipinski definition) is 1. The van der Waals surface area contributed by atoms with Crippen molar-refractivity contribution in [2.75, 3.05) is 31.9 Å². The van der Waals surface area contributed by atoms with Gasteiger partial charge in [-0.15, -0.1) is 0 Å². The highest BCUT2D eigenvalue weighted by Crippen LogP contribution is 2.32. The van der Waals surface area contributed by atoms with Crippen molar-refractivity contribution in [3.63, 3.8) is 0 Å². The van der Waals surface area contributed by atoms with Crippen LogP contribution in [-0.2, 0) is 24.1 Å². The molecule has 1 aromatic carbocycles. The smallest absolute Gasteiger partial charge is 0.410 e. The zero-order chi connectivity index (χ0) is 30.0. The number of amides is 1. The van der Waals surface area contributed by atoms with E-state index in [4.69, 9.17) is 22.7 Å². The molecule has 2 aliphatic rings. The van der Waals surface area contributed by atoms with Crippen LogP contribution in [0, 0.1) is 11.7 Å². The highest BCUT2D eigenvalue weighted by Gasteiger charge is 2.28. The van der Waals surface area contributed by atoms with E-state index in [1.54, 1.807) is 17.2 Å². The Kier molecular flexibility index (Phi) is 8.94. The largest absolute Gasteiger partial charge is 0.444 e. The maximum atomic E-state index is 15.3. The SMILES string of the molecule is CC(c1ccnc(CC(=S)Cc2ccc(-c3cnn(CC4CC4)c3)c(F)c2N)c1)N1CCN(C(=O)OC(C)(C)C)CC1. The van der Waals surface area contributed by atoms with Crippen LogP contribution in [0.3, 0.4) is 0 Å². The number of anilines is 1. The van der Waals surface area contributed by atoms with E-state index in [9.17, 15) is 4.79 Å². The second kappa shape index (κ2) is 12.5. The highest BCUT2D eigenvalue weighted by molar-refractivity contribution is 7.80. The van der Waals surface area contributed by atoms with Crippen molar-refractivity contribution in [1.82, 2.24) is 24.6 Å². The van der Waals surface area contributed by atoms with E-state index in [2.05, 4.69) is 28.0 Å². The number of ether oxygens (including phenoxy) is 1. The number of pyridine rings is 1. The summed E-state index contributed by atoms with van der Waals surface area (Å²) in [6.45, 7) is 11.5. The molecule has 2 fully saturated rings. The van der Waals surface area contributed by atoms with E-state index in [1.807, 2.05) is 50.0 Å². The van der Waals surface area contributed by atoms with E-state index in [-0.39, 0.29) is 17.8 Å². The van der Waals surface area contributed by atoms with Crippen molar-refractivity contribution in [2.24, 2.45) is 5.92 Å². The van der Waals surface area contributed by atoms with E-state index >= 15 is 4.39 Å². The Bertz CT molecular complexity index is 1440. The van der Waals surface area contributed by atoms with Crippen LogP contribution >= 0.6 is 12.2 Å². The number of nitrogen functional groups attached to an aromatic ring is 1. The molecule has 0 spiro atoms. The Labute approximate surface area is 253 Å². The van der Waals surface area contributed by atoms with Gasteiger partial charge in [0.05, 0.1) is 11.9 Å². The van der Waals surface area contributed by atoms with Crippen LogP contribution in [0.5, 0.6) is 0 Å². The number of rotatable bonds is 9. The molecule has 224 valence electrons. The predicted octanol–water partition coefficient (Wildman–Crippen LogP) is 5.85. The van der Waals surface area contributed by atoms with Gasteiger partial charge in [0, 0.05) is 85.7 Å². The van der Waals surface area contributed by atoms with Crippen LogP contribution in [0.15, 0.2) is 42.9 Å². The van der Waals surface area contributed by atoms with Gasteiger partial charge in [0.2, 0.25) is 0 Å². The molecule has 1 amide bonds. The van der Waals surface area contributed by atoms with Crippen LogP contribution in [0.4, 0.5) is 14.9 Å². The van der Waals surface area contributed by atoms with Crippen LogP contribution in [-0.4, -0.2) is 67.3 Å². The van der Waals surface area contributed by atoms with Gasteiger partial charge in [0.1, 0.15) is 5.60 Å². The molecule has 42 heavy (non-hydrogen) atoms. The highest BCUT2D eigenvalue weighted by atomic mass is 32.1. The minimum atomic E-state index is -0.501. The average molecular weight is 593 g/mol. The lowest BCUT2D eigenvalue weighted by atomic mass is 9.99. The summed E-state index contributed by atoms with van der Waals surface area (Å²) in [5.74, 6) is 0.262. The van der Waals surface area contributed by atoms with E-state index in [0.717, 1.165) is 41.3 Å². The standard InChI is InChI=1S/C32H41FN6O2S/c1-21(37-11-13-38(14-12-37)31(40)41-32(2,3)4)23-9-10-35-26(15-23)17-27(42)16-24-7-8-28(29(33)30(24)34)25-18-36-39(20-25)19-22-5-6-22/h7-10,15,18,20-22H,5-6,11-14,16-17,19,34H2,1-4H3. The summed E-state index contributed by atoms with van der Waals surface area (Å²) in [5, 5.41) is 4.39. The van der Waals surface area contributed by atoms with Crippen LogP contribution < -0.4 is 5.73 Å². The summed E-state index contributed by atoms with van der Waals surface area (Å²) in [7, 11) is 0. The van der Waals surface area contributed by atoms with Gasteiger partial charge in [-0.2, -0.15) is 5.10 Å². The molecule has 1 saturated carbocycles. The number of nitrogens with two attached hydrogens (primary N) is 1. The minimum Gasteiger partial charge on any atom is -0.444 e. The molecule has 2 N–H and O–H groups in total. The number of halogens is 1. The molecule has 1 saturated heterocycles. The first-order valence-corrected chi connectivity index (χ1v) is 15.2. The maximum absolute atomic E-state index is 15.3. The zero-order valence-corrected chi connectivity index (χ0v) is 25.8. The molecule has 1 aliphatic carbocycles. The number of nitrogens with zero attached hydrogens (tertiary/aromatic N) is 5. The maximum Gasteiger partial charge on any atom is 0.410 e. The normalized spacial score (nSPS) is 16.8. The predicted molar refractivity (Wildman–Crippen MR) is 167 cm³/mol.